The Hall–Kier alpha value is -0.930. The zero-order chi connectivity index (χ0) is 12.0. The quantitative estimate of drug-likeness (QED) is 0.797. The van der Waals surface area contributed by atoms with Crippen molar-refractivity contribution in [1.29, 1.82) is 0 Å². The van der Waals surface area contributed by atoms with Crippen LogP contribution >= 0.6 is 23.2 Å². The first-order valence-electron chi connectivity index (χ1n) is 4.89. The van der Waals surface area contributed by atoms with Gasteiger partial charge in [-0.3, -0.25) is 4.79 Å². The summed E-state index contributed by atoms with van der Waals surface area (Å²) in [6, 6.07) is 5.00. The average Bonchev–Trinajstić information content (AvgIpc) is 2.20. The van der Waals surface area contributed by atoms with Gasteiger partial charge in [0.15, 0.2) is 0 Å². The number of hydrogen-bond donors (Lipinski definition) is 1. The molecule has 0 fully saturated rings. The number of unbranched alkanes of at least 4 members (excludes halogenated alkanes) is 1. The van der Waals surface area contributed by atoms with Crippen LogP contribution in [0.1, 0.15) is 19.3 Å². The normalized spacial score (nSPS) is 10.1. The zero-order valence-electron chi connectivity index (χ0n) is 8.58. The lowest BCUT2D eigenvalue weighted by molar-refractivity contribution is -0.137. The molecule has 1 aromatic carbocycles. The van der Waals surface area contributed by atoms with Crippen LogP contribution in [0.25, 0.3) is 0 Å². The van der Waals surface area contributed by atoms with Gasteiger partial charge in [0.1, 0.15) is 5.75 Å². The van der Waals surface area contributed by atoms with Crippen molar-refractivity contribution >= 4 is 29.2 Å². The molecular formula is C11H12Cl2O3. The summed E-state index contributed by atoms with van der Waals surface area (Å²) in [5.74, 6) is -0.217. The number of ether oxygens (including phenoxy) is 1. The Morgan fingerprint density at radius 2 is 2.06 bits per heavy atom. The summed E-state index contributed by atoms with van der Waals surface area (Å²) in [4.78, 5) is 10.2. The van der Waals surface area contributed by atoms with Gasteiger partial charge in [0, 0.05) is 11.4 Å². The highest BCUT2D eigenvalue weighted by Gasteiger charge is 2.02. The second-order valence-corrected chi connectivity index (χ2v) is 4.12. The molecule has 1 aromatic rings. The fourth-order valence-electron chi connectivity index (χ4n) is 1.15. The summed E-state index contributed by atoms with van der Waals surface area (Å²) in [5, 5.41) is 9.45. The second-order valence-electron chi connectivity index (χ2n) is 3.27. The van der Waals surface area contributed by atoms with Crippen molar-refractivity contribution in [1.82, 2.24) is 0 Å². The van der Waals surface area contributed by atoms with E-state index in [9.17, 15) is 4.79 Å². The topological polar surface area (TPSA) is 46.5 Å². The Morgan fingerprint density at radius 3 is 2.69 bits per heavy atom. The van der Waals surface area contributed by atoms with Crippen LogP contribution in [0.4, 0.5) is 0 Å². The third kappa shape index (κ3) is 4.73. The molecular weight excluding hydrogens is 251 g/mol. The number of halogens is 2. The number of hydrogen-bond acceptors (Lipinski definition) is 2. The predicted octanol–water partition coefficient (Wildman–Crippen LogP) is 3.63. The molecule has 0 heterocycles. The maximum absolute atomic E-state index is 10.2. The standard InChI is InChI=1S/C11H12Cl2O3/c12-8-4-5-10(9(13)7-8)16-6-2-1-3-11(14)15/h4-5,7H,1-3,6H2,(H,14,15). The zero-order valence-corrected chi connectivity index (χ0v) is 10.1. The van der Waals surface area contributed by atoms with Gasteiger partial charge in [-0.2, -0.15) is 0 Å². The first kappa shape index (κ1) is 13.1. The summed E-state index contributed by atoms with van der Waals surface area (Å²) >= 11 is 11.6. The number of carboxylic acids is 1. The van der Waals surface area contributed by atoms with Crippen LogP contribution in [0.5, 0.6) is 5.75 Å². The summed E-state index contributed by atoms with van der Waals surface area (Å²) in [6.07, 6.45) is 1.45. The van der Waals surface area contributed by atoms with Gasteiger partial charge in [0.2, 0.25) is 0 Å². The summed E-state index contributed by atoms with van der Waals surface area (Å²) in [6.45, 7) is 0.453. The van der Waals surface area contributed by atoms with Gasteiger partial charge < -0.3 is 9.84 Å². The Bertz CT molecular complexity index is 366. The molecule has 0 bridgehead atoms. The Balaban J connectivity index is 2.29. The SMILES string of the molecule is O=C(O)CCCCOc1ccc(Cl)cc1Cl. The maximum atomic E-state index is 10.2. The smallest absolute Gasteiger partial charge is 0.303 e. The average molecular weight is 263 g/mol. The first-order chi connectivity index (χ1) is 7.59. The van der Waals surface area contributed by atoms with E-state index in [4.69, 9.17) is 33.0 Å². The van der Waals surface area contributed by atoms with E-state index in [-0.39, 0.29) is 6.42 Å². The van der Waals surface area contributed by atoms with Crippen molar-refractivity contribution in [2.45, 2.75) is 19.3 Å². The van der Waals surface area contributed by atoms with Crippen molar-refractivity contribution in [3.05, 3.63) is 28.2 Å². The molecule has 0 unspecified atom stereocenters. The minimum Gasteiger partial charge on any atom is -0.492 e. The van der Waals surface area contributed by atoms with Gasteiger partial charge in [-0.05, 0) is 31.0 Å². The molecule has 1 N–H and O–H groups in total. The van der Waals surface area contributed by atoms with E-state index in [1.165, 1.54) is 0 Å². The summed E-state index contributed by atoms with van der Waals surface area (Å²) < 4.78 is 5.39. The van der Waals surface area contributed by atoms with Gasteiger partial charge in [0.25, 0.3) is 0 Å². The third-order valence-electron chi connectivity index (χ3n) is 1.94. The fourth-order valence-corrected chi connectivity index (χ4v) is 1.62. The fraction of sp³-hybridized carbons (Fsp3) is 0.364. The lowest BCUT2D eigenvalue weighted by Gasteiger charge is -2.07. The van der Waals surface area contributed by atoms with E-state index in [2.05, 4.69) is 0 Å². The van der Waals surface area contributed by atoms with Crippen molar-refractivity contribution < 1.29 is 14.6 Å². The van der Waals surface area contributed by atoms with Crippen molar-refractivity contribution in [3.8, 4) is 5.75 Å². The van der Waals surface area contributed by atoms with Crippen LogP contribution in [0, 0.1) is 0 Å². The number of benzene rings is 1. The van der Waals surface area contributed by atoms with Gasteiger partial charge >= 0.3 is 5.97 Å². The molecule has 1 rings (SSSR count). The van der Waals surface area contributed by atoms with E-state index >= 15 is 0 Å². The van der Waals surface area contributed by atoms with Crippen LogP contribution in [-0.4, -0.2) is 17.7 Å². The van der Waals surface area contributed by atoms with Crippen LogP contribution in [-0.2, 0) is 4.79 Å². The Labute approximate surface area is 104 Å². The van der Waals surface area contributed by atoms with E-state index < -0.39 is 5.97 Å². The number of carbonyl (C=O) groups is 1. The predicted molar refractivity (Wildman–Crippen MR) is 63.4 cm³/mol. The van der Waals surface area contributed by atoms with Crippen molar-refractivity contribution in [2.24, 2.45) is 0 Å². The van der Waals surface area contributed by atoms with E-state index in [1.807, 2.05) is 0 Å². The highest BCUT2D eigenvalue weighted by molar-refractivity contribution is 6.35. The molecule has 16 heavy (non-hydrogen) atoms. The number of aliphatic carboxylic acids is 1. The van der Waals surface area contributed by atoms with Gasteiger partial charge in [-0.15, -0.1) is 0 Å². The minimum atomic E-state index is -0.787. The van der Waals surface area contributed by atoms with Crippen LogP contribution in [0.2, 0.25) is 10.0 Å². The monoisotopic (exact) mass is 262 g/mol. The molecule has 0 amide bonds. The Morgan fingerprint density at radius 1 is 1.31 bits per heavy atom. The summed E-state index contributed by atoms with van der Waals surface area (Å²) in [5.41, 5.74) is 0. The molecule has 0 aliphatic rings. The molecule has 0 spiro atoms. The number of rotatable bonds is 6. The lowest BCUT2D eigenvalue weighted by atomic mass is 10.2. The second kappa shape index (κ2) is 6.61. The molecule has 0 aliphatic carbocycles. The highest BCUT2D eigenvalue weighted by Crippen LogP contribution is 2.27. The molecule has 0 saturated carbocycles. The Kier molecular flexibility index (Phi) is 5.43. The van der Waals surface area contributed by atoms with Crippen LogP contribution in [0.15, 0.2) is 18.2 Å². The maximum Gasteiger partial charge on any atom is 0.303 e. The lowest BCUT2D eigenvalue weighted by Crippen LogP contribution is -2.00. The van der Waals surface area contributed by atoms with Crippen molar-refractivity contribution in [2.75, 3.05) is 6.61 Å². The molecule has 0 aromatic heterocycles. The van der Waals surface area contributed by atoms with Gasteiger partial charge in [-0.1, -0.05) is 23.2 Å². The molecule has 0 radical (unpaired) electrons. The number of carboxylic acid groups (broad SMARTS) is 1. The van der Waals surface area contributed by atoms with Gasteiger partial charge in [0.05, 0.1) is 11.6 Å². The van der Waals surface area contributed by atoms with Crippen LogP contribution < -0.4 is 4.74 Å². The largest absolute Gasteiger partial charge is 0.492 e. The molecule has 88 valence electrons. The molecule has 5 heteroatoms. The van der Waals surface area contributed by atoms with Crippen molar-refractivity contribution in [3.63, 3.8) is 0 Å². The van der Waals surface area contributed by atoms with E-state index in [1.54, 1.807) is 18.2 Å². The molecule has 0 saturated heterocycles. The van der Waals surface area contributed by atoms with Crippen LogP contribution in [0.3, 0.4) is 0 Å². The van der Waals surface area contributed by atoms with E-state index in [0.29, 0.717) is 35.2 Å². The van der Waals surface area contributed by atoms with E-state index in [0.717, 1.165) is 0 Å². The first-order valence-corrected chi connectivity index (χ1v) is 5.65. The highest BCUT2D eigenvalue weighted by atomic mass is 35.5. The molecule has 3 nitrogen and oxygen atoms in total. The molecule has 0 aliphatic heterocycles. The summed E-state index contributed by atoms with van der Waals surface area (Å²) in [7, 11) is 0. The van der Waals surface area contributed by atoms with Gasteiger partial charge in [-0.25, -0.2) is 0 Å². The minimum absolute atomic E-state index is 0.164. The third-order valence-corrected chi connectivity index (χ3v) is 2.47. The molecule has 0 atom stereocenters.